The molecule has 0 N–H and O–H groups in total. The third kappa shape index (κ3) is 3.81. The molecule has 1 rings (SSSR count). The summed E-state index contributed by atoms with van der Waals surface area (Å²) in [5, 5.41) is 1.06. The van der Waals surface area contributed by atoms with E-state index >= 15 is 0 Å². The van der Waals surface area contributed by atoms with Gasteiger partial charge in [0.2, 0.25) is 0 Å². The Morgan fingerprint density at radius 3 is 2.92 bits per heavy atom. The normalized spacial score (nSPS) is 10.0. The summed E-state index contributed by atoms with van der Waals surface area (Å²) in [6.45, 7) is 2.74. The molecule has 1 aromatic rings. The molecule has 0 bridgehead atoms. The van der Waals surface area contributed by atoms with Crippen molar-refractivity contribution in [1.29, 1.82) is 0 Å². The van der Waals surface area contributed by atoms with Crippen LogP contribution in [0.4, 0.5) is 0 Å². The third-order valence-corrected chi connectivity index (χ3v) is 2.37. The number of aryl methyl sites for hydroxylation is 1. The molecule has 1 aromatic carbocycles. The smallest absolute Gasteiger partial charge is 0.119 e. The fraction of sp³-hybridized carbons (Fsp3) is 0.455. The molecule has 0 atom stereocenters. The van der Waals surface area contributed by atoms with Gasteiger partial charge in [-0.2, -0.15) is 0 Å². The zero-order chi connectivity index (χ0) is 9.52. The number of ether oxygens (including phenoxy) is 1. The monoisotopic (exact) mass is 242 g/mol. The lowest BCUT2D eigenvalue weighted by Gasteiger charge is -2.04. The standard InChI is InChI=1S/C11H15BrO/c1-2-13-11-7-3-5-10(9-11)6-4-8-12/h3,5,7,9H,2,4,6,8H2,1H3. The molecule has 0 aliphatic rings. The van der Waals surface area contributed by atoms with Crippen LogP contribution in [0.25, 0.3) is 0 Å². The van der Waals surface area contributed by atoms with Crippen molar-refractivity contribution < 1.29 is 4.74 Å². The summed E-state index contributed by atoms with van der Waals surface area (Å²) >= 11 is 3.42. The highest BCUT2D eigenvalue weighted by atomic mass is 79.9. The molecule has 0 unspecified atom stereocenters. The molecule has 1 nitrogen and oxygen atoms in total. The topological polar surface area (TPSA) is 9.23 Å². The Kier molecular flexibility index (Phi) is 4.91. The summed E-state index contributed by atoms with van der Waals surface area (Å²) in [6, 6.07) is 8.31. The van der Waals surface area contributed by atoms with E-state index in [4.69, 9.17) is 4.74 Å². The van der Waals surface area contributed by atoms with Crippen LogP contribution in [0.1, 0.15) is 18.9 Å². The first kappa shape index (κ1) is 10.6. The molecule has 0 fully saturated rings. The van der Waals surface area contributed by atoms with E-state index in [9.17, 15) is 0 Å². The van der Waals surface area contributed by atoms with E-state index in [1.165, 1.54) is 12.0 Å². The highest BCUT2D eigenvalue weighted by Gasteiger charge is 1.95. The fourth-order valence-electron chi connectivity index (χ4n) is 1.23. The quantitative estimate of drug-likeness (QED) is 0.720. The second kappa shape index (κ2) is 6.03. The van der Waals surface area contributed by atoms with Gasteiger partial charge in [-0.1, -0.05) is 28.1 Å². The van der Waals surface area contributed by atoms with Crippen LogP contribution in [0, 0.1) is 0 Å². The van der Waals surface area contributed by atoms with Crippen molar-refractivity contribution in [2.24, 2.45) is 0 Å². The molecule has 0 saturated heterocycles. The van der Waals surface area contributed by atoms with Gasteiger partial charge in [0, 0.05) is 5.33 Å². The van der Waals surface area contributed by atoms with E-state index in [2.05, 4.69) is 34.1 Å². The van der Waals surface area contributed by atoms with Gasteiger partial charge in [-0.05, 0) is 37.5 Å². The summed E-state index contributed by atoms with van der Waals surface area (Å²) in [4.78, 5) is 0. The van der Waals surface area contributed by atoms with Gasteiger partial charge in [-0.25, -0.2) is 0 Å². The van der Waals surface area contributed by atoms with Crippen molar-refractivity contribution in [3.05, 3.63) is 29.8 Å². The Hall–Kier alpha value is -0.500. The molecule has 0 spiro atoms. The van der Waals surface area contributed by atoms with Crippen LogP contribution in [0.15, 0.2) is 24.3 Å². The Balaban J connectivity index is 2.56. The van der Waals surface area contributed by atoms with Crippen LogP contribution in [0.2, 0.25) is 0 Å². The lowest BCUT2D eigenvalue weighted by atomic mass is 10.1. The van der Waals surface area contributed by atoms with E-state index in [1.54, 1.807) is 0 Å². The van der Waals surface area contributed by atoms with E-state index in [1.807, 2.05) is 13.0 Å². The van der Waals surface area contributed by atoms with Gasteiger partial charge in [0.1, 0.15) is 5.75 Å². The van der Waals surface area contributed by atoms with Crippen LogP contribution < -0.4 is 4.74 Å². The maximum atomic E-state index is 5.41. The molecule has 0 aliphatic carbocycles. The van der Waals surface area contributed by atoms with Crippen LogP contribution >= 0.6 is 15.9 Å². The molecule has 0 saturated carbocycles. The van der Waals surface area contributed by atoms with Gasteiger partial charge in [-0.15, -0.1) is 0 Å². The molecule has 2 heteroatoms. The fourth-order valence-corrected chi connectivity index (χ4v) is 1.51. The van der Waals surface area contributed by atoms with Crippen molar-refractivity contribution >= 4 is 15.9 Å². The van der Waals surface area contributed by atoms with Crippen molar-refractivity contribution in [2.45, 2.75) is 19.8 Å². The highest BCUT2D eigenvalue weighted by molar-refractivity contribution is 9.09. The lowest BCUT2D eigenvalue weighted by Crippen LogP contribution is -1.92. The Bertz CT molecular complexity index is 248. The molecule has 0 radical (unpaired) electrons. The third-order valence-electron chi connectivity index (χ3n) is 1.81. The van der Waals surface area contributed by atoms with Gasteiger partial charge in [0.25, 0.3) is 0 Å². The predicted octanol–water partition coefficient (Wildman–Crippen LogP) is 3.41. The van der Waals surface area contributed by atoms with Crippen molar-refractivity contribution in [3.8, 4) is 5.75 Å². The van der Waals surface area contributed by atoms with Gasteiger partial charge in [0.15, 0.2) is 0 Å². The van der Waals surface area contributed by atoms with Gasteiger partial charge >= 0.3 is 0 Å². The minimum absolute atomic E-state index is 0.738. The van der Waals surface area contributed by atoms with Crippen LogP contribution in [0.3, 0.4) is 0 Å². The van der Waals surface area contributed by atoms with Crippen LogP contribution in [0.5, 0.6) is 5.75 Å². The zero-order valence-electron chi connectivity index (χ0n) is 7.92. The maximum Gasteiger partial charge on any atom is 0.119 e. The number of hydrogen-bond acceptors (Lipinski definition) is 1. The molecular weight excluding hydrogens is 228 g/mol. The lowest BCUT2D eigenvalue weighted by molar-refractivity contribution is 0.340. The first-order valence-corrected chi connectivity index (χ1v) is 5.76. The molecule has 0 amide bonds. The van der Waals surface area contributed by atoms with E-state index in [0.29, 0.717) is 0 Å². The van der Waals surface area contributed by atoms with Gasteiger partial charge in [0.05, 0.1) is 6.61 Å². The van der Waals surface area contributed by atoms with Crippen molar-refractivity contribution in [1.82, 2.24) is 0 Å². The van der Waals surface area contributed by atoms with Gasteiger partial charge < -0.3 is 4.74 Å². The first-order valence-electron chi connectivity index (χ1n) is 4.64. The number of hydrogen-bond donors (Lipinski definition) is 0. The minimum atomic E-state index is 0.738. The number of alkyl halides is 1. The maximum absolute atomic E-state index is 5.41. The Morgan fingerprint density at radius 1 is 1.38 bits per heavy atom. The predicted molar refractivity (Wildman–Crippen MR) is 59.7 cm³/mol. The molecular formula is C11H15BrO. The minimum Gasteiger partial charge on any atom is -0.494 e. The number of rotatable bonds is 5. The highest BCUT2D eigenvalue weighted by Crippen LogP contribution is 2.14. The number of halogens is 1. The second-order valence-electron chi connectivity index (χ2n) is 2.87. The van der Waals surface area contributed by atoms with Crippen molar-refractivity contribution in [2.75, 3.05) is 11.9 Å². The van der Waals surface area contributed by atoms with E-state index in [0.717, 1.165) is 24.1 Å². The summed E-state index contributed by atoms with van der Waals surface area (Å²) in [5.41, 5.74) is 1.35. The Labute approximate surface area is 88.2 Å². The van der Waals surface area contributed by atoms with E-state index in [-0.39, 0.29) is 0 Å². The summed E-state index contributed by atoms with van der Waals surface area (Å²) in [6.07, 6.45) is 2.29. The molecule has 13 heavy (non-hydrogen) atoms. The number of benzene rings is 1. The molecule has 72 valence electrons. The van der Waals surface area contributed by atoms with Crippen LogP contribution in [-0.2, 0) is 6.42 Å². The largest absolute Gasteiger partial charge is 0.494 e. The SMILES string of the molecule is CCOc1cccc(CCCBr)c1. The molecule has 0 heterocycles. The second-order valence-corrected chi connectivity index (χ2v) is 3.67. The Morgan fingerprint density at radius 2 is 2.23 bits per heavy atom. The summed E-state index contributed by atoms with van der Waals surface area (Å²) in [7, 11) is 0. The molecule has 0 aliphatic heterocycles. The first-order chi connectivity index (χ1) is 6.36. The van der Waals surface area contributed by atoms with Crippen molar-refractivity contribution in [3.63, 3.8) is 0 Å². The van der Waals surface area contributed by atoms with E-state index < -0.39 is 0 Å². The average Bonchev–Trinajstić information content (AvgIpc) is 2.16. The summed E-state index contributed by atoms with van der Waals surface area (Å²) < 4.78 is 5.41. The zero-order valence-corrected chi connectivity index (χ0v) is 9.51. The molecule has 0 aromatic heterocycles. The summed E-state index contributed by atoms with van der Waals surface area (Å²) in [5.74, 6) is 0.981. The average molecular weight is 243 g/mol. The van der Waals surface area contributed by atoms with Crippen LogP contribution in [-0.4, -0.2) is 11.9 Å². The van der Waals surface area contributed by atoms with Gasteiger partial charge in [-0.3, -0.25) is 0 Å².